The molecule has 3 aliphatic carbocycles. The lowest BCUT2D eigenvalue weighted by Crippen LogP contribution is -2.56. The fourth-order valence-corrected chi connectivity index (χ4v) is 3.36. The van der Waals surface area contributed by atoms with Gasteiger partial charge in [0.15, 0.2) is 0 Å². The van der Waals surface area contributed by atoms with Gasteiger partial charge in [0.1, 0.15) is 0 Å². The largest absolute Gasteiger partial charge is 0.297 e. The Morgan fingerprint density at radius 3 is 2.42 bits per heavy atom. The van der Waals surface area contributed by atoms with Crippen LogP contribution in [0, 0.1) is 23.2 Å². The molecule has 2 bridgehead atoms. The van der Waals surface area contributed by atoms with Crippen LogP contribution in [-0.2, 0) is 0 Å². The van der Waals surface area contributed by atoms with Crippen molar-refractivity contribution < 1.29 is 0 Å². The van der Waals surface area contributed by atoms with Crippen molar-refractivity contribution in [3.8, 4) is 0 Å². The maximum atomic E-state index is 4.22. The van der Waals surface area contributed by atoms with Crippen LogP contribution in [0.2, 0.25) is 0 Å². The second kappa shape index (κ2) is 2.34. The van der Waals surface area contributed by atoms with Crippen LogP contribution in [0.25, 0.3) is 0 Å². The van der Waals surface area contributed by atoms with Crippen molar-refractivity contribution in [1.29, 1.82) is 0 Å². The zero-order valence-electron chi connectivity index (χ0n) is 8.38. The van der Waals surface area contributed by atoms with Gasteiger partial charge >= 0.3 is 0 Å². The Labute approximate surface area is 75.3 Å². The molecule has 1 nitrogen and oxygen atoms in total. The zero-order valence-corrected chi connectivity index (χ0v) is 8.38. The highest BCUT2D eigenvalue weighted by atomic mass is 14.8. The number of nitrogens with zero attached hydrogens (tertiary/aromatic N) is 1. The van der Waals surface area contributed by atoms with Crippen LogP contribution >= 0.6 is 0 Å². The third-order valence-corrected chi connectivity index (χ3v) is 4.55. The highest BCUT2D eigenvalue weighted by Gasteiger charge is 2.55. The van der Waals surface area contributed by atoms with Crippen LogP contribution in [0.4, 0.5) is 0 Å². The molecular formula is C11H19N. The predicted molar refractivity (Wildman–Crippen MR) is 52.5 cm³/mol. The van der Waals surface area contributed by atoms with E-state index in [9.17, 15) is 0 Å². The molecule has 0 heterocycles. The molecule has 68 valence electrons. The summed E-state index contributed by atoms with van der Waals surface area (Å²) in [4.78, 5) is 4.22. The Kier molecular flexibility index (Phi) is 1.61. The van der Waals surface area contributed by atoms with E-state index in [-0.39, 0.29) is 0 Å². The van der Waals surface area contributed by atoms with Gasteiger partial charge in [-0.05, 0) is 42.7 Å². The third-order valence-electron chi connectivity index (χ3n) is 4.55. The first-order valence-corrected chi connectivity index (χ1v) is 5.03. The molecule has 0 saturated heterocycles. The summed E-state index contributed by atoms with van der Waals surface area (Å²) in [5, 5.41) is 0. The number of fused-ring (bicyclic) bond motifs is 2. The normalized spacial score (nSPS) is 49.6. The van der Waals surface area contributed by atoms with Gasteiger partial charge in [0, 0.05) is 0 Å². The van der Waals surface area contributed by atoms with Crippen LogP contribution in [-0.4, -0.2) is 12.8 Å². The van der Waals surface area contributed by atoms with Crippen molar-refractivity contribution in [3.05, 3.63) is 0 Å². The van der Waals surface area contributed by atoms with E-state index in [1.807, 2.05) is 0 Å². The van der Waals surface area contributed by atoms with Gasteiger partial charge in [-0.3, -0.25) is 4.99 Å². The van der Waals surface area contributed by atoms with Gasteiger partial charge in [0.2, 0.25) is 0 Å². The van der Waals surface area contributed by atoms with E-state index in [1.165, 1.54) is 12.8 Å². The lowest BCUT2D eigenvalue weighted by molar-refractivity contribution is -0.108. The van der Waals surface area contributed by atoms with Gasteiger partial charge in [-0.25, -0.2) is 0 Å². The molecule has 3 saturated carbocycles. The van der Waals surface area contributed by atoms with Crippen molar-refractivity contribution >= 4 is 6.72 Å². The third kappa shape index (κ3) is 0.826. The van der Waals surface area contributed by atoms with E-state index in [4.69, 9.17) is 0 Å². The summed E-state index contributed by atoms with van der Waals surface area (Å²) in [5.41, 5.74) is 0.598. The van der Waals surface area contributed by atoms with E-state index in [0.29, 0.717) is 11.5 Å². The zero-order chi connectivity index (χ0) is 8.93. The van der Waals surface area contributed by atoms with Crippen LogP contribution in [0.3, 0.4) is 0 Å². The summed E-state index contributed by atoms with van der Waals surface area (Å²) in [6, 6.07) is 0.557. The standard InChI is InChI=1S/C11H19N/c1-7-9-5-8(11(9,2)3)6-10(7)12-4/h7-10H,4-6H2,1-3H3. The highest BCUT2D eigenvalue weighted by Crippen LogP contribution is 2.61. The van der Waals surface area contributed by atoms with E-state index < -0.39 is 0 Å². The Morgan fingerprint density at radius 1 is 1.33 bits per heavy atom. The summed E-state index contributed by atoms with van der Waals surface area (Å²) in [6.07, 6.45) is 2.73. The number of hydrogen-bond acceptors (Lipinski definition) is 1. The monoisotopic (exact) mass is 165 g/mol. The van der Waals surface area contributed by atoms with Crippen molar-refractivity contribution in [2.24, 2.45) is 28.2 Å². The second-order valence-electron chi connectivity index (χ2n) is 5.21. The predicted octanol–water partition coefficient (Wildman–Crippen LogP) is 2.76. The topological polar surface area (TPSA) is 12.4 Å². The molecule has 12 heavy (non-hydrogen) atoms. The molecule has 0 spiro atoms. The van der Waals surface area contributed by atoms with Crippen molar-refractivity contribution in [2.75, 3.05) is 0 Å². The van der Waals surface area contributed by atoms with Crippen molar-refractivity contribution in [3.63, 3.8) is 0 Å². The fraction of sp³-hybridized carbons (Fsp3) is 0.909. The Balaban J connectivity index is 2.16. The fourth-order valence-electron chi connectivity index (χ4n) is 3.36. The highest BCUT2D eigenvalue weighted by molar-refractivity contribution is 5.25. The summed E-state index contributed by atoms with van der Waals surface area (Å²) < 4.78 is 0. The minimum atomic E-state index is 0.557. The summed E-state index contributed by atoms with van der Waals surface area (Å²) in [7, 11) is 0. The molecule has 0 aromatic heterocycles. The van der Waals surface area contributed by atoms with Gasteiger partial charge in [-0.15, -0.1) is 0 Å². The average molecular weight is 165 g/mol. The Bertz CT molecular complexity index is 207. The molecule has 0 aromatic rings. The van der Waals surface area contributed by atoms with Gasteiger partial charge in [-0.1, -0.05) is 20.8 Å². The van der Waals surface area contributed by atoms with Gasteiger partial charge < -0.3 is 0 Å². The van der Waals surface area contributed by atoms with Crippen molar-refractivity contribution in [1.82, 2.24) is 0 Å². The lowest BCUT2D eigenvalue weighted by Gasteiger charge is -2.61. The molecule has 3 aliphatic rings. The molecule has 0 aromatic carbocycles. The molecule has 3 rings (SSSR count). The van der Waals surface area contributed by atoms with E-state index >= 15 is 0 Å². The maximum Gasteiger partial charge on any atom is 0.0523 e. The minimum Gasteiger partial charge on any atom is -0.297 e. The van der Waals surface area contributed by atoms with Crippen LogP contribution < -0.4 is 0 Å². The Hall–Kier alpha value is -0.330. The van der Waals surface area contributed by atoms with E-state index in [1.54, 1.807) is 0 Å². The summed E-state index contributed by atoms with van der Waals surface area (Å²) in [6.45, 7) is 10.9. The molecule has 4 atom stereocenters. The Morgan fingerprint density at radius 2 is 2.00 bits per heavy atom. The maximum absolute atomic E-state index is 4.22. The molecular weight excluding hydrogens is 146 g/mol. The number of hydrogen-bond donors (Lipinski definition) is 0. The second-order valence-corrected chi connectivity index (χ2v) is 5.21. The molecule has 0 aliphatic heterocycles. The first-order valence-electron chi connectivity index (χ1n) is 5.03. The van der Waals surface area contributed by atoms with Gasteiger partial charge in [0.05, 0.1) is 6.04 Å². The molecule has 0 radical (unpaired) electrons. The van der Waals surface area contributed by atoms with Crippen LogP contribution in [0.15, 0.2) is 4.99 Å². The first-order chi connectivity index (χ1) is 5.57. The van der Waals surface area contributed by atoms with Gasteiger partial charge in [0.25, 0.3) is 0 Å². The summed E-state index contributed by atoms with van der Waals surface area (Å²) in [5.74, 6) is 2.60. The first kappa shape index (κ1) is 8.28. The van der Waals surface area contributed by atoms with E-state index in [2.05, 4.69) is 32.5 Å². The molecule has 0 N–H and O–H groups in total. The quantitative estimate of drug-likeness (QED) is 0.530. The average Bonchev–Trinajstić information content (AvgIpc) is 2.03. The van der Waals surface area contributed by atoms with Gasteiger partial charge in [-0.2, -0.15) is 0 Å². The molecule has 4 unspecified atom stereocenters. The van der Waals surface area contributed by atoms with Crippen LogP contribution in [0.1, 0.15) is 33.6 Å². The summed E-state index contributed by atoms with van der Waals surface area (Å²) >= 11 is 0. The smallest absolute Gasteiger partial charge is 0.0523 e. The SMILES string of the molecule is C=NC1CC2CC(C1C)C2(C)C. The van der Waals surface area contributed by atoms with E-state index in [0.717, 1.165) is 17.8 Å². The van der Waals surface area contributed by atoms with Crippen molar-refractivity contribution in [2.45, 2.75) is 39.7 Å². The molecule has 0 amide bonds. The number of aliphatic imine (C=N–C) groups is 1. The number of rotatable bonds is 1. The lowest BCUT2D eigenvalue weighted by atomic mass is 9.45. The van der Waals surface area contributed by atoms with Crippen LogP contribution in [0.5, 0.6) is 0 Å². The molecule has 3 fully saturated rings. The molecule has 1 heteroatoms. The minimum absolute atomic E-state index is 0.557.